The SMILES string of the molecule is CCN(CC(=O)N(C)Cc1ccccc1)S(=O)(=O)c1ccccc1. The van der Waals surface area contributed by atoms with E-state index in [1.54, 1.807) is 37.1 Å². The van der Waals surface area contributed by atoms with Crippen molar-refractivity contribution >= 4 is 15.9 Å². The Hall–Kier alpha value is -2.18. The average Bonchev–Trinajstić information content (AvgIpc) is 2.60. The highest BCUT2D eigenvalue weighted by molar-refractivity contribution is 7.89. The standard InChI is InChI=1S/C18H22N2O3S/c1-3-20(24(22,23)17-12-8-5-9-13-17)15-18(21)19(2)14-16-10-6-4-7-11-16/h4-13H,3,14-15H2,1-2H3. The van der Waals surface area contributed by atoms with Gasteiger partial charge in [-0.2, -0.15) is 4.31 Å². The average molecular weight is 346 g/mol. The van der Waals surface area contributed by atoms with Crippen LogP contribution in [0, 0.1) is 0 Å². The van der Waals surface area contributed by atoms with Gasteiger partial charge >= 0.3 is 0 Å². The van der Waals surface area contributed by atoms with Crippen LogP contribution in [0.25, 0.3) is 0 Å². The van der Waals surface area contributed by atoms with Crippen molar-refractivity contribution in [3.8, 4) is 0 Å². The quantitative estimate of drug-likeness (QED) is 0.773. The maximum atomic E-state index is 12.6. The molecule has 0 bridgehead atoms. The van der Waals surface area contributed by atoms with Gasteiger partial charge in [0.1, 0.15) is 0 Å². The number of hydrogen-bond donors (Lipinski definition) is 0. The Labute approximate surface area is 143 Å². The van der Waals surface area contributed by atoms with Gasteiger partial charge in [0, 0.05) is 20.1 Å². The van der Waals surface area contributed by atoms with Gasteiger partial charge in [0.05, 0.1) is 11.4 Å². The zero-order valence-corrected chi connectivity index (χ0v) is 14.7. The summed E-state index contributed by atoms with van der Waals surface area (Å²) in [6.07, 6.45) is 0. The topological polar surface area (TPSA) is 57.7 Å². The third-order valence-electron chi connectivity index (χ3n) is 3.73. The molecule has 1 amide bonds. The van der Waals surface area contributed by atoms with Crippen LogP contribution in [0.15, 0.2) is 65.6 Å². The fourth-order valence-corrected chi connectivity index (χ4v) is 3.74. The second kappa shape index (κ2) is 8.08. The first-order chi connectivity index (χ1) is 11.4. The van der Waals surface area contributed by atoms with Gasteiger partial charge < -0.3 is 4.90 Å². The molecule has 0 aliphatic heterocycles. The summed E-state index contributed by atoms with van der Waals surface area (Å²) in [5, 5.41) is 0. The molecule has 2 aromatic rings. The number of benzene rings is 2. The first-order valence-corrected chi connectivity index (χ1v) is 9.22. The molecule has 0 aromatic heterocycles. The number of likely N-dealkylation sites (N-methyl/N-ethyl adjacent to an activating group) is 2. The second-order valence-corrected chi connectivity index (χ2v) is 7.42. The van der Waals surface area contributed by atoms with Crippen LogP contribution in [0.2, 0.25) is 0 Å². The maximum absolute atomic E-state index is 12.6. The van der Waals surface area contributed by atoms with Crippen molar-refractivity contribution in [2.24, 2.45) is 0 Å². The largest absolute Gasteiger partial charge is 0.340 e. The minimum atomic E-state index is -3.67. The number of rotatable bonds is 7. The van der Waals surface area contributed by atoms with Crippen LogP contribution in [0.4, 0.5) is 0 Å². The van der Waals surface area contributed by atoms with Crippen molar-refractivity contribution in [1.29, 1.82) is 0 Å². The Morgan fingerprint density at radius 3 is 2.04 bits per heavy atom. The highest BCUT2D eigenvalue weighted by Crippen LogP contribution is 2.15. The van der Waals surface area contributed by atoms with E-state index >= 15 is 0 Å². The lowest BCUT2D eigenvalue weighted by Gasteiger charge is -2.24. The van der Waals surface area contributed by atoms with Crippen molar-refractivity contribution in [3.63, 3.8) is 0 Å². The van der Waals surface area contributed by atoms with E-state index in [1.165, 1.54) is 16.4 Å². The van der Waals surface area contributed by atoms with E-state index in [1.807, 2.05) is 30.3 Å². The van der Waals surface area contributed by atoms with Crippen molar-refractivity contribution in [2.75, 3.05) is 20.1 Å². The number of carbonyl (C=O) groups excluding carboxylic acids is 1. The molecule has 0 saturated carbocycles. The lowest BCUT2D eigenvalue weighted by atomic mass is 10.2. The summed E-state index contributed by atoms with van der Waals surface area (Å²) in [5.41, 5.74) is 1.00. The van der Waals surface area contributed by atoms with E-state index in [9.17, 15) is 13.2 Å². The van der Waals surface area contributed by atoms with Gasteiger partial charge in [0.25, 0.3) is 0 Å². The van der Waals surface area contributed by atoms with Crippen LogP contribution in [-0.4, -0.2) is 43.7 Å². The summed E-state index contributed by atoms with van der Waals surface area (Å²) < 4.78 is 26.5. The second-order valence-electron chi connectivity index (χ2n) is 5.48. The minimum Gasteiger partial charge on any atom is -0.340 e. The molecule has 0 spiro atoms. The summed E-state index contributed by atoms with van der Waals surface area (Å²) in [6.45, 7) is 2.24. The third kappa shape index (κ3) is 4.43. The van der Waals surface area contributed by atoms with Crippen LogP contribution in [0.3, 0.4) is 0 Å². The van der Waals surface area contributed by atoms with Crippen LogP contribution in [0.1, 0.15) is 12.5 Å². The Kier molecular flexibility index (Phi) is 6.11. The molecule has 0 fully saturated rings. The summed E-state index contributed by atoms with van der Waals surface area (Å²) in [7, 11) is -1.99. The van der Waals surface area contributed by atoms with Crippen LogP contribution in [-0.2, 0) is 21.4 Å². The fraction of sp³-hybridized carbons (Fsp3) is 0.278. The molecule has 0 heterocycles. The molecule has 2 rings (SSSR count). The highest BCUT2D eigenvalue weighted by Gasteiger charge is 2.26. The number of sulfonamides is 1. The lowest BCUT2D eigenvalue weighted by Crippen LogP contribution is -2.41. The molecule has 0 aliphatic carbocycles. The van der Waals surface area contributed by atoms with E-state index in [-0.39, 0.29) is 23.9 Å². The van der Waals surface area contributed by atoms with Crippen LogP contribution >= 0.6 is 0 Å². The molecular formula is C18H22N2O3S. The van der Waals surface area contributed by atoms with E-state index in [4.69, 9.17) is 0 Å². The van der Waals surface area contributed by atoms with Gasteiger partial charge in [0.15, 0.2) is 0 Å². The number of hydrogen-bond acceptors (Lipinski definition) is 3. The molecule has 24 heavy (non-hydrogen) atoms. The fourth-order valence-electron chi connectivity index (χ4n) is 2.33. The predicted molar refractivity (Wildman–Crippen MR) is 93.8 cm³/mol. The Morgan fingerprint density at radius 2 is 1.50 bits per heavy atom. The van der Waals surface area contributed by atoms with E-state index in [0.29, 0.717) is 6.54 Å². The monoisotopic (exact) mass is 346 g/mol. The Morgan fingerprint density at radius 1 is 0.958 bits per heavy atom. The summed E-state index contributed by atoms with van der Waals surface area (Å²) in [6, 6.07) is 17.8. The number of amides is 1. The van der Waals surface area contributed by atoms with E-state index in [0.717, 1.165) is 5.56 Å². The molecule has 128 valence electrons. The highest BCUT2D eigenvalue weighted by atomic mass is 32.2. The first kappa shape index (κ1) is 18.2. The molecule has 5 nitrogen and oxygen atoms in total. The predicted octanol–water partition coefficient (Wildman–Crippen LogP) is 2.36. The summed E-state index contributed by atoms with van der Waals surface area (Å²) >= 11 is 0. The summed E-state index contributed by atoms with van der Waals surface area (Å²) in [5.74, 6) is -0.236. The molecule has 0 radical (unpaired) electrons. The molecule has 2 aromatic carbocycles. The minimum absolute atomic E-state index is 0.170. The van der Waals surface area contributed by atoms with Gasteiger partial charge in [-0.15, -0.1) is 0 Å². The zero-order chi connectivity index (χ0) is 17.6. The Bertz CT molecular complexity index is 761. The van der Waals surface area contributed by atoms with Crippen molar-refractivity contribution in [2.45, 2.75) is 18.4 Å². The molecule has 0 atom stereocenters. The van der Waals surface area contributed by atoms with E-state index < -0.39 is 10.0 Å². The zero-order valence-electron chi connectivity index (χ0n) is 13.9. The molecule has 0 aliphatic rings. The smallest absolute Gasteiger partial charge is 0.243 e. The Balaban J connectivity index is 2.08. The molecular weight excluding hydrogens is 324 g/mol. The maximum Gasteiger partial charge on any atom is 0.243 e. The molecule has 6 heteroatoms. The molecule has 0 unspecified atom stereocenters. The third-order valence-corrected chi connectivity index (χ3v) is 5.67. The molecule has 0 saturated heterocycles. The van der Waals surface area contributed by atoms with Gasteiger partial charge in [-0.05, 0) is 17.7 Å². The lowest BCUT2D eigenvalue weighted by molar-refractivity contribution is -0.130. The first-order valence-electron chi connectivity index (χ1n) is 7.78. The summed E-state index contributed by atoms with van der Waals surface area (Å²) in [4.78, 5) is 14.2. The van der Waals surface area contributed by atoms with Crippen LogP contribution < -0.4 is 0 Å². The van der Waals surface area contributed by atoms with Crippen LogP contribution in [0.5, 0.6) is 0 Å². The molecule has 0 N–H and O–H groups in total. The van der Waals surface area contributed by atoms with Crippen molar-refractivity contribution in [1.82, 2.24) is 9.21 Å². The van der Waals surface area contributed by atoms with Gasteiger partial charge in [-0.1, -0.05) is 55.5 Å². The number of nitrogens with zero attached hydrogens (tertiary/aromatic N) is 2. The van der Waals surface area contributed by atoms with E-state index in [2.05, 4.69) is 0 Å². The number of carbonyl (C=O) groups is 1. The normalized spacial score (nSPS) is 11.5. The van der Waals surface area contributed by atoms with Crippen molar-refractivity contribution < 1.29 is 13.2 Å². The van der Waals surface area contributed by atoms with Gasteiger partial charge in [-0.3, -0.25) is 4.79 Å². The van der Waals surface area contributed by atoms with Gasteiger partial charge in [0.2, 0.25) is 15.9 Å². The van der Waals surface area contributed by atoms with Gasteiger partial charge in [-0.25, -0.2) is 8.42 Å². The van der Waals surface area contributed by atoms with Crippen molar-refractivity contribution in [3.05, 3.63) is 66.2 Å².